The van der Waals surface area contributed by atoms with Gasteiger partial charge in [-0.2, -0.15) is 0 Å². The monoisotopic (exact) mass is 562 g/mol. The van der Waals surface area contributed by atoms with Gasteiger partial charge in [-0.3, -0.25) is 19.5 Å². The minimum absolute atomic E-state index is 0.0129. The molecule has 0 spiro atoms. The van der Waals surface area contributed by atoms with Crippen LogP contribution in [0.15, 0.2) is 55.0 Å². The van der Waals surface area contributed by atoms with Crippen molar-refractivity contribution in [3.8, 4) is 17.2 Å². The molecule has 1 heterocycles. The van der Waals surface area contributed by atoms with Crippen LogP contribution >= 0.6 is 0 Å². The summed E-state index contributed by atoms with van der Waals surface area (Å²) in [5, 5.41) is 3.15. The van der Waals surface area contributed by atoms with Crippen LogP contribution in [0.25, 0.3) is 0 Å². The van der Waals surface area contributed by atoms with Gasteiger partial charge in [-0.15, -0.1) is 0 Å². The molecule has 2 aromatic carbocycles. The largest absolute Gasteiger partial charge is 0.493 e. The smallest absolute Gasteiger partial charge is 0.337 e. The van der Waals surface area contributed by atoms with Crippen molar-refractivity contribution in [3.63, 3.8) is 0 Å². The van der Waals surface area contributed by atoms with E-state index in [4.69, 9.17) is 18.9 Å². The Hall–Kier alpha value is -4.67. The molecule has 0 saturated heterocycles. The quantitative estimate of drug-likeness (QED) is 0.363. The number of hydrogen-bond acceptors (Lipinski definition) is 9. The van der Waals surface area contributed by atoms with E-state index in [9.17, 15) is 14.4 Å². The van der Waals surface area contributed by atoms with E-state index >= 15 is 0 Å². The van der Waals surface area contributed by atoms with Gasteiger partial charge in [-0.1, -0.05) is 25.3 Å². The molecule has 0 bridgehead atoms. The summed E-state index contributed by atoms with van der Waals surface area (Å²) in [4.78, 5) is 50.4. The second-order valence-corrected chi connectivity index (χ2v) is 9.51. The van der Waals surface area contributed by atoms with Gasteiger partial charge in [0.15, 0.2) is 11.5 Å². The minimum Gasteiger partial charge on any atom is -0.493 e. The van der Waals surface area contributed by atoms with Crippen LogP contribution < -0.4 is 24.4 Å². The first-order valence-electron chi connectivity index (χ1n) is 13.3. The van der Waals surface area contributed by atoms with E-state index in [1.54, 1.807) is 30.3 Å². The lowest BCUT2D eigenvalue weighted by molar-refractivity contribution is -0.123. The van der Waals surface area contributed by atoms with Gasteiger partial charge in [0, 0.05) is 24.1 Å². The van der Waals surface area contributed by atoms with E-state index < -0.39 is 23.8 Å². The topological polar surface area (TPSA) is 129 Å². The van der Waals surface area contributed by atoms with Crippen molar-refractivity contribution in [2.75, 3.05) is 33.3 Å². The van der Waals surface area contributed by atoms with Crippen LogP contribution in [0.2, 0.25) is 0 Å². The summed E-state index contributed by atoms with van der Waals surface area (Å²) in [5.41, 5.74) is 0.895. The zero-order valence-electron chi connectivity index (χ0n) is 23.6. The predicted octanol–water partition coefficient (Wildman–Crippen LogP) is 4.13. The van der Waals surface area contributed by atoms with Crippen molar-refractivity contribution in [2.45, 2.75) is 44.2 Å². The van der Waals surface area contributed by atoms with Crippen molar-refractivity contribution >= 4 is 23.5 Å². The lowest BCUT2D eigenvalue weighted by Crippen LogP contribution is -2.47. The molecule has 11 heteroatoms. The van der Waals surface area contributed by atoms with E-state index in [1.807, 2.05) is 0 Å². The number of anilines is 1. The Kier molecular flexibility index (Phi) is 9.73. The average molecular weight is 563 g/mol. The molecule has 1 N–H and O–H groups in total. The van der Waals surface area contributed by atoms with Crippen LogP contribution in [0.5, 0.6) is 17.2 Å². The number of carbonyl (C=O) groups is 3. The van der Waals surface area contributed by atoms with Crippen molar-refractivity contribution < 1.29 is 33.3 Å². The fourth-order valence-electron chi connectivity index (χ4n) is 5.02. The molecule has 1 aromatic heterocycles. The van der Waals surface area contributed by atoms with Gasteiger partial charge < -0.3 is 24.3 Å². The van der Waals surface area contributed by atoms with Gasteiger partial charge in [0.25, 0.3) is 5.91 Å². The number of esters is 1. The highest BCUT2D eigenvalue weighted by Crippen LogP contribution is 2.42. The van der Waals surface area contributed by atoms with Gasteiger partial charge in [0.1, 0.15) is 11.7 Å². The van der Waals surface area contributed by atoms with Gasteiger partial charge >= 0.3 is 5.97 Å². The SMILES string of the molecule is COC(=O)c1cccc(N(C(=O)c2cnccn2)[C@H](C(=O)NC2CCCCC2)c2cc(OC)c(OC)c(OC)c2)c1. The van der Waals surface area contributed by atoms with E-state index in [0.717, 1.165) is 32.1 Å². The number of amides is 2. The number of benzene rings is 2. The maximum atomic E-state index is 14.2. The molecule has 41 heavy (non-hydrogen) atoms. The Morgan fingerprint density at radius 2 is 1.63 bits per heavy atom. The van der Waals surface area contributed by atoms with Crippen LogP contribution in [0.3, 0.4) is 0 Å². The lowest BCUT2D eigenvalue weighted by atomic mass is 9.94. The zero-order valence-corrected chi connectivity index (χ0v) is 23.6. The fraction of sp³-hybridized carbons (Fsp3) is 0.367. The summed E-state index contributed by atoms with van der Waals surface area (Å²) in [6.45, 7) is 0. The third kappa shape index (κ3) is 6.56. The molecule has 216 valence electrons. The van der Waals surface area contributed by atoms with E-state index in [1.165, 1.54) is 58.0 Å². The Labute approximate surface area is 238 Å². The highest BCUT2D eigenvalue weighted by molar-refractivity contribution is 6.09. The van der Waals surface area contributed by atoms with Crippen molar-refractivity contribution in [3.05, 3.63) is 71.8 Å². The van der Waals surface area contributed by atoms with Gasteiger partial charge in [0.2, 0.25) is 11.7 Å². The van der Waals surface area contributed by atoms with E-state index in [2.05, 4.69) is 15.3 Å². The molecule has 1 aliphatic carbocycles. The second kappa shape index (κ2) is 13.6. The third-order valence-electron chi connectivity index (χ3n) is 7.01. The van der Waals surface area contributed by atoms with E-state index in [-0.39, 0.29) is 23.0 Å². The summed E-state index contributed by atoms with van der Waals surface area (Å²) < 4.78 is 21.5. The molecule has 11 nitrogen and oxygen atoms in total. The van der Waals surface area contributed by atoms with Gasteiger partial charge in [-0.05, 0) is 48.7 Å². The Balaban J connectivity index is 1.94. The molecule has 0 radical (unpaired) electrons. The maximum Gasteiger partial charge on any atom is 0.337 e. The molecule has 2 amide bonds. The average Bonchev–Trinajstić information content (AvgIpc) is 3.02. The summed E-state index contributed by atoms with van der Waals surface area (Å²) in [7, 11) is 5.70. The maximum absolute atomic E-state index is 14.2. The number of nitrogens with one attached hydrogen (secondary N) is 1. The minimum atomic E-state index is -1.21. The summed E-state index contributed by atoms with van der Waals surface area (Å²) >= 11 is 0. The predicted molar refractivity (Wildman–Crippen MR) is 150 cm³/mol. The summed E-state index contributed by atoms with van der Waals surface area (Å²) in [5.74, 6) is -0.635. The third-order valence-corrected chi connectivity index (χ3v) is 7.01. The number of ether oxygens (including phenoxy) is 4. The fourth-order valence-corrected chi connectivity index (χ4v) is 5.02. The molecule has 1 fully saturated rings. The van der Waals surface area contributed by atoms with Gasteiger partial charge in [0.05, 0.1) is 40.2 Å². The molecule has 1 saturated carbocycles. The number of methoxy groups -OCH3 is 4. The molecular weight excluding hydrogens is 528 g/mol. The first-order chi connectivity index (χ1) is 19.9. The molecular formula is C30H34N4O7. The number of hydrogen-bond donors (Lipinski definition) is 1. The molecule has 4 rings (SSSR count). The van der Waals surface area contributed by atoms with Crippen LogP contribution in [0.1, 0.15) is 64.6 Å². The highest BCUT2D eigenvalue weighted by atomic mass is 16.5. The lowest BCUT2D eigenvalue weighted by Gasteiger charge is -2.33. The van der Waals surface area contributed by atoms with Crippen molar-refractivity contribution in [1.29, 1.82) is 0 Å². The number of nitrogens with zero attached hydrogens (tertiary/aromatic N) is 3. The zero-order chi connectivity index (χ0) is 29.4. The van der Waals surface area contributed by atoms with E-state index in [0.29, 0.717) is 22.8 Å². The second-order valence-electron chi connectivity index (χ2n) is 9.51. The summed E-state index contributed by atoms with van der Waals surface area (Å²) in [6.07, 6.45) is 8.96. The number of rotatable bonds is 10. The first kappa shape index (κ1) is 29.3. The number of aromatic nitrogens is 2. The normalized spacial score (nSPS) is 14.0. The van der Waals surface area contributed by atoms with Crippen molar-refractivity contribution in [1.82, 2.24) is 15.3 Å². The molecule has 0 aliphatic heterocycles. The summed E-state index contributed by atoms with van der Waals surface area (Å²) in [6, 6.07) is 8.32. The van der Waals surface area contributed by atoms with Gasteiger partial charge in [-0.25, -0.2) is 9.78 Å². The molecule has 3 aromatic rings. The van der Waals surface area contributed by atoms with Crippen LogP contribution in [0, 0.1) is 0 Å². The Morgan fingerprint density at radius 3 is 2.22 bits per heavy atom. The van der Waals surface area contributed by atoms with Crippen LogP contribution in [-0.2, 0) is 9.53 Å². The standard InChI is InChI=1S/C30H34N4O7/c1-38-24-16-20(17-25(39-2)27(24)40-3)26(28(35)33-21-10-6-5-7-11-21)34(29(36)23-18-31-13-14-32-23)22-12-8-9-19(15-22)30(37)41-4/h8-9,12-18,21,26H,5-7,10-11H2,1-4H3,(H,33,35)/t26-/m0/s1. The highest BCUT2D eigenvalue weighted by Gasteiger charge is 2.37. The van der Waals surface area contributed by atoms with Crippen molar-refractivity contribution in [2.24, 2.45) is 0 Å². The Bertz CT molecular complexity index is 1350. The number of carbonyl (C=O) groups excluding carboxylic acids is 3. The van der Waals surface area contributed by atoms with Crippen LogP contribution in [0.4, 0.5) is 5.69 Å². The molecule has 1 aliphatic rings. The van der Waals surface area contributed by atoms with Crippen LogP contribution in [-0.4, -0.2) is 62.2 Å². The molecule has 1 atom stereocenters. The Morgan fingerprint density at radius 1 is 0.927 bits per heavy atom. The first-order valence-corrected chi connectivity index (χ1v) is 13.3. The molecule has 0 unspecified atom stereocenters.